The zero-order valence-electron chi connectivity index (χ0n) is 34.0. The predicted molar refractivity (Wildman–Crippen MR) is 209 cm³/mol. The molecule has 53 heavy (non-hydrogen) atoms. The third kappa shape index (κ3) is 11.2. The normalized spacial score (nSPS) is 18.7. The number of pyridine rings is 1. The highest BCUT2D eigenvalue weighted by atomic mass is 16.5. The molecule has 1 aromatic carbocycles. The van der Waals surface area contributed by atoms with Crippen LogP contribution in [0.1, 0.15) is 79.8 Å². The molecule has 1 aliphatic rings. The van der Waals surface area contributed by atoms with Crippen LogP contribution >= 0.6 is 0 Å². The van der Waals surface area contributed by atoms with Gasteiger partial charge in [0.1, 0.15) is 6.04 Å². The van der Waals surface area contributed by atoms with Crippen molar-refractivity contribution < 1.29 is 28.7 Å². The quantitative estimate of drug-likeness (QED) is 0.184. The summed E-state index contributed by atoms with van der Waals surface area (Å²) in [5, 5.41) is 10.2. The topological polar surface area (TPSA) is 142 Å². The molecule has 2 aromatic rings. The summed E-state index contributed by atoms with van der Waals surface area (Å²) in [4.78, 5) is 63.1. The first kappa shape index (κ1) is 43.8. The van der Waals surface area contributed by atoms with Crippen molar-refractivity contribution in [1.29, 1.82) is 0 Å². The van der Waals surface area contributed by atoms with Crippen molar-refractivity contribution in [2.45, 2.75) is 117 Å². The number of amides is 4. The Labute approximate surface area is 317 Å². The van der Waals surface area contributed by atoms with Crippen molar-refractivity contribution in [3.05, 3.63) is 42.1 Å². The molecular formula is C41H66N6O6. The van der Waals surface area contributed by atoms with Crippen LogP contribution in [0, 0.1) is 23.7 Å². The Hall–Kier alpha value is -3.61. The first-order valence-corrected chi connectivity index (χ1v) is 19.4. The van der Waals surface area contributed by atoms with Gasteiger partial charge in [-0.05, 0) is 49.8 Å². The number of nitrogens with one attached hydrogen (secondary N) is 3. The first-order valence-electron chi connectivity index (χ1n) is 19.4. The number of likely N-dealkylation sites (N-methyl/N-ethyl adjacent to an activating group) is 2. The predicted octanol–water partition coefficient (Wildman–Crippen LogP) is 4.20. The SMILES string of the molecule is CC[C@H](C)C([C@@H](CC(=O)N1CCC[C@H]1[C@H](OC)[C@@H](C)C(=O)NCCc1ccc2ccccc2n1)OC)N(C)C(=O)[C@@H](NC(=O)[C@@H](NC)C(C)C)C(C)C. The lowest BCUT2D eigenvalue weighted by Crippen LogP contribution is -2.59. The minimum atomic E-state index is -0.747. The lowest BCUT2D eigenvalue weighted by atomic mass is 9.89. The Bertz CT molecular complexity index is 1500. The molecule has 3 N–H and O–H groups in total. The minimum absolute atomic E-state index is 0.000518. The van der Waals surface area contributed by atoms with Gasteiger partial charge in [-0.25, -0.2) is 0 Å². The number of fused-ring (bicyclic) bond motifs is 1. The van der Waals surface area contributed by atoms with Crippen molar-refractivity contribution in [3.63, 3.8) is 0 Å². The van der Waals surface area contributed by atoms with E-state index in [0.717, 1.165) is 29.4 Å². The van der Waals surface area contributed by atoms with Crippen LogP contribution in [-0.4, -0.2) is 116 Å². The molecule has 3 rings (SSSR count). The molecule has 0 saturated carbocycles. The summed E-state index contributed by atoms with van der Waals surface area (Å²) in [6.45, 7) is 14.7. The zero-order chi connectivity index (χ0) is 39.4. The molecule has 0 bridgehead atoms. The molecule has 1 fully saturated rings. The summed E-state index contributed by atoms with van der Waals surface area (Å²) in [6, 6.07) is 10.1. The second-order valence-corrected chi connectivity index (χ2v) is 15.4. The molecule has 1 aliphatic heterocycles. The van der Waals surface area contributed by atoms with Gasteiger partial charge in [-0.2, -0.15) is 0 Å². The standard InChI is InChI=1S/C41H66N6O6/c1-12-27(6)37(46(9)41(51)36(26(4)5)45-40(50)35(42-8)25(2)3)33(52-10)24-34(48)47-23-15-18-32(47)38(53-11)28(7)39(49)43-22-21-30-20-19-29-16-13-14-17-31(29)44-30/h13-14,16-17,19-20,25-28,32-33,35-38,42H,12,15,18,21-24H2,1-11H3,(H,43,49)(H,45,50)/t27-,28+,32-,33+,35-,36-,37?,38+/m0/s1. The molecule has 2 heterocycles. The number of nitrogens with zero attached hydrogens (tertiary/aromatic N) is 3. The van der Waals surface area contributed by atoms with E-state index >= 15 is 0 Å². The average Bonchev–Trinajstić information content (AvgIpc) is 3.62. The number of rotatable bonds is 20. The number of hydrogen-bond acceptors (Lipinski definition) is 8. The molecule has 1 aromatic heterocycles. The number of aromatic nitrogens is 1. The third-order valence-corrected chi connectivity index (χ3v) is 11.1. The summed E-state index contributed by atoms with van der Waals surface area (Å²) in [5.74, 6) is -1.30. The Kier molecular flexibility index (Phi) is 17.1. The van der Waals surface area contributed by atoms with E-state index in [1.54, 1.807) is 33.2 Å². The molecule has 0 spiro atoms. The fraction of sp³-hybridized carbons (Fsp3) is 0.683. The Morgan fingerprint density at radius 2 is 1.62 bits per heavy atom. The molecule has 296 valence electrons. The Morgan fingerprint density at radius 1 is 0.943 bits per heavy atom. The lowest BCUT2D eigenvalue weighted by molar-refractivity contribution is -0.147. The second-order valence-electron chi connectivity index (χ2n) is 15.4. The number of methoxy groups -OCH3 is 2. The van der Waals surface area contributed by atoms with Gasteiger partial charge in [0.2, 0.25) is 23.6 Å². The molecule has 8 atom stereocenters. The molecule has 0 radical (unpaired) electrons. The maximum atomic E-state index is 14.1. The van der Waals surface area contributed by atoms with Crippen LogP contribution in [-0.2, 0) is 35.1 Å². The maximum absolute atomic E-state index is 14.1. The number of benzene rings is 1. The van der Waals surface area contributed by atoms with E-state index in [2.05, 4.69) is 29.8 Å². The van der Waals surface area contributed by atoms with E-state index in [-0.39, 0.29) is 53.8 Å². The highest BCUT2D eigenvalue weighted by Gasteiger charge is 2.43. The smallest absolute Gasteiger partial charge is 0.245 e. The first-order chi connectivity index (χ1) is 25.2. The van der Waals surface area contributed by atoms with Gasteiger partial charge in [0.25, 0.3) is 0 Å². The molecule has 12 nitrogen and oxygen atoms in total. The van der Waals surface area contributed by atoms with Crippen LogP contribution in [0.2, 0.25) is 0 Å². The fourth-order valence-corrected chi connectivity index (χ4v) is 7.77. The van der Waals surface area contributed by atoms with Crippen molar-refractivity contribution in [2.24, 2.45) is 23.7 Å². The average molecular weight is 739 g/mol. The highest BCUT2D eigenvalue weighted by molar-refractivity contribution is 5.90. The molecular weight excluding hydrogens is 672 g/mol. The lowest BCUT2D eigenvalue weighted by Gasteiger charge is -2.41. The van der Waals surface area contributed by atoms with Crippen LogP contribution in [0.3, 0.4) is 0 Å². The summed E-state index contributed by atoms with van der Waals surface area (Å²) in [7, 11) is 6.65. The van der Waals surface area contributed by atoms with E-state index in [1.807, 2.05) is 75.9 Å². The van der Waals surface area contributed by atoms with E-state index < -0.39 is 36.3 Å². The molecule has 4 amide bonds. The number of para-hydroxylation sites is 1. The number of likely N-dealkylation sites (tertiary alicyclic amines) is 1. The summed E-state index contributed by atoms with van der Waals surface area (Å²) >= 11 is 0. The fourth-order valence-electron chi connectivity index (χ4n) is 7.77. The Balaban J connectivity index is 1.70. The maximum Gasteiger partial charge on any atom is 0.245 e. The molecule has 12 heteroatoms. The van der Waals surface area contributed by atoms with Gasteiger partial charge in [-0.15, -0.1) is 0 Å². The van der Waals surface area contributed by atoms with Crippen LogP contribution < -0.4 is 16.0 Å². The zero-order valence-corrected chi connectivity index (χ0v) is 34.0. The monoisotopic (exact) mass is 739 g/mol. The molecule has 0 aliphatic carbocycles. The number of hydrogen-bond donors (Lipinski definition) is 3. The van der Waals surface area contributed by atoms with E-state index in [4.69, 9.17) is 14.5 Å². The van der Waals surface area contributed by atoms with Crippen LogP contribution in [0.5, 0.6) is 0 Å². The van der Waals surface area contributed by atoms with Crippen molar-refractivity contribution in [3.8, 4) is 0 Å². The summed E-state index contributed by atoms with van der Waals surface area (Å²) < 4.78 is 12.0. The highest BCUT2D eigenvalue weighted by Crippen LogP contribution is 2.29. The van der Waals surface area contributed by atoms with Gasteiger partial charge in [0, 0.05) is 51.9 Å². The molecule has 1 saturated heterocycles. The van der Waals surface area contributed by atoms with Crippen molar-refractivity contribution >= 4 is 34.5 Å². The Morgan fingerprint density at radius 3 is 2.23 bits per heavy atom. The summed E-state index contributed by atoms with van der Waals surface area (Å²) in [5.41, 5.74) is 1.83. The molecule has 1 unspecified atom stereocenters. The van der Waals surface area contributed by atoms with Gasteiger partial charge in [-0.1, -0.05) is 79.2 Å². The van der Waals surface area contributed by atoms with Crippen LogP contribution in [0.15, 0.2) is 36.4 Å². The van der Waals surface area contributed by atoms with Gasteiger partial charge in [0.05, 0.1) is 48.2 Å². The largest absolute Gasteiger partial charge is 0.379 e. The summed E-state index contributed by atoms with van der Waals surface area (Å²) in [6.07, 6.45) is 1.83. The third-order valence-electron chi connectivity index (χ3n) is 11.1. The number of ether oxygens (including phenoxy) is 2. The second kappa shape index (κ2) is 20.7. The van der Waals surface area contributed by atoms with Gasteiger partial charge in [0.15, 0.2) is 0 Å². The number of carbonyl (C=O) groups is 4. The van der Waals surface area contributed by atoms with Gasteiger partial charge in [-0.3, -0.25) is 24.2 Å². The number of carbonyl (C=O) groups excluding carboxylic acids is 4. The van der Waals surface area contributed by atoms with E-state index in [0.29, 0.717) is 25.9 Å². The minimum Gasteiger partial charge on any atom is -0.379 e. The van der Waals surface area contributed by atoms with Crippen molar-refractivity contribution in [1.82, 2.24) is 30.7 Å². The van der Waals surface area contributed by atoms with E-state index in [9.17, 15) is 19.2 Å². The van der Waals surface area contributed by atoms with Crippen LogP contribution in [0.4, 0.5) is 0 Å². The van der Waals surface area contributed by atoms with E-state index in [1.165, 1.54) is 0 Å². The van der Waals surface area contributed by atoms with Gasteiger partial charge < -0.3 is 35.2 Å². The van der Waals surface area contributed by atoms with Crippen molar-refractivity contribution in [2.75, 3.05) is 41.4 Å². The van der Waals surface area contributed by atoms with Gasteiger partial charge >= 0.3 is 0 Å². The van der Waals surface area contributed by atoms with Crippen LogP contribution in [0.25, 0.3) is 10.9 Å².